The van der Waals surface area contributed by atoms with Crippen molar-refractivity contribution in [1.29, 1.82) is 0 Å². The summed E-state index contributed by atoms with van der Waals surface area (Å²) in [5.74, 6) is 1.63. The number of amides is 1. The van der Waals surface area contributed by atoms with Gasteiger partial charge in [0.1, 0.15) is 0 Å². The summed E-state index contributed by atoms with van der Waals surface area (Å²) in [6.07, 6.45) is 6.95. The van der Waals surface area contributed by atoms with Gasteiger partial charge >= 0.3 is 0 Å². The highest BCUT2D eigenvalue weighted by Crippen LogP contribution is 2.65. The van der Waals surface area contributed by atoms with Crippen molar-refractivity contribution in [3.05, 3.63) is 0 Å². The average Bonchev–Trinajstić information content (AvgIpc) is 2.73. The molecule has 3 rings (SSSR count). The van der Waals surface area contributed by atoms with Crippen molar-refractivity contribution in [2.45, 2.75) is 65.3 Å². The molecule has 1 heterocycles. The van der Waals surface area contributed by atoms with Crippen molar-refractivity contribution < 1.29 is 4.79 Å². The van der Waals surface area contributed by atoms with E-state index in [1.165, 1.54) is 32.1 Å². The Balaban J connectivity index is 1.57. The van der Waals surface area contributed by atoms with Crippen molar-refractivity contribution in [1.82, 2.24) is 10.6 Å². The number of piperidine rings is 1. The van der Waals surface area contributed by atoms with Crippen LogP contribution in [0.5, 0.6) is 0 Å². The lowest BCUT2D eigenvalue weighted by Crippen LogP contribution is -2.47. The van der Waals surface area contributed by atoms with Crippen molar-refractivity contribution in [3.8, 4) is 0 Å². The van der Waals surface area contributed by atoms with Crippen LogP contribution in [-0.4, -0.2) is 25.0 Å². The van der Waals surface area contributed by atoms with Crippen LogP contribution >= 0.6 is 0 Å². The fourth-order valence-corrected chi connectivity index (χ4v) is 5.04. The van der Waals surface area contributed by atoms with Gasteiger partial charge in [-0.3, -0.25) is 4.79 Å². The normalized spacial score (nSPS) is 42.6. The molecule has 3 nitrogen and oxygen atoms in total. The molecular formula is C17H30N2O. The van der Waals surface area contributed by atoms with E-state index in [1.807, 2.05) is 0 Å². The van der Waals surface area contributed by atoms with Crippen LogP contribution in [0, 0.1) is 22.7 Å². The Labute approximate surface area is 123 Å². The summed E-state index contributed by atoms with van der Waals surface area (Å²) in [5.41, 5.74) is 0.690. The fourth-order valence-electron chi connectivity index (χ4n) is 5.04. The van der Waals surface area contributed by atoms with Gasteiger partial charge in [0.15, 0.2) is 0 Å². The highest BCUT2D eigenvalue weighted by molar-refractivity contribution is 5.76. The largest absolute Gasteiger partial charge is 0.353 e. The van der Waals surface area contributed by atoms with E-state index < -0.39 is 0 Å². The van der Waals surface area contributed by atoms with Crippen molar-refractivity contribution in [2.75, 3.05) is 13.1 Å². The monoisotopic (exact) mass is 278 g/mol. The molecule has 1 saturated heterocycles. The second-order valence-electron chi connectivity index (χ2n) is 8.15. The van der Waals surface area contributed by atoms with Gasteiger partial charge < -0.3 is 10.6 Å². The minimum absolute atomic E-state index is 0.285. The molecule has 2 N–H and O–H groups in total. The number of nitrogens with one attached hydrogen (secondary N) is 2. The number of hydrogen-bond acceptors (Lipinski definition) is 2. The zero-order chi connectivity index (χ0) is 14.4. The first-order valence-corrected chi connectivity index (χ1v) is 8.43. The molecule has 1 aliphatic heterocycles. The third-order valence-corrected chi connectivity index (χ3v) is 7.00. The lowest BCUT2D eigenvalue weighted by atomic mass is 9.69. The van der Waals surface area contributed by atoms with Crippen LogP contribution in [0.15, 0.2) is 0 Å². The quantitative estimate of drug-likeness (QED) is 0.833. The lowest BCUT2D eigenvalue weighted by molar-refractivity contribution is -0.123. The van der Waals surface area contributed by atoms with Gasteiger partial charge in [-0.2, -0.15) is 0 Å². The summed E-state index contributed by atoms with van der Waals surface area (Å²) in [6.45, 7) is 9.34. The Morgan fingerprint density at radius 2 is 2.10 bits per heavy atom. The number of fused-ring (bicyclic) bond motifs is 2. The molecular weight excluding hydrogens is 248 g/mol. The highest BCUT2D eigenvalue weighted by atomic mass is 16.1. The zero-order valence-corrected chi connectivity index (χ0v) is 13.3. The van der Waals surface area contributed by atoms with Crippen molar-refractivity contribution in [3.63, 3.8) is 0 Å². The maximum atomic E-state index is 12.4. The summed E-state index contributed by atoms with van der Waals surface area (Å²) in [5, 5.41) is 6.79. The molecule has 0 aromatic carbocycles. The molecule has 4 atom stereocenters. The lowest BCUT2D eigenvalue weighted by Gasteiger charge is -2.39. The number of hydrogen-bond donors (Lipinski definition) is 2. The third-order valence-electron chi connectivity index (χ3n) is 7.00. The Morgan fingerprint density at radius 3 is 2.65 bits per heavy atom. The SMILES string of the molecule is CC1(C)C2CCC1(C)C(NC(=O)CC1CCCNC1)C2. The molecule has 0 aromatic heterocycles. The second kappa shape index (κ2) is 5.01. The van der Waals surface area contributed by atoms with E-state index in [4.69, 9.17) is 0 Å². The van der Waals surface area contributed by atoms with Gasteiger partial charge in [0.25, 0.3) is 0 Å². The molecule has 3 aliphatic rings. The minimum Gasteiger partial charge on any atom is -0.353 e. The third kappa shape index (κ3) is 2.18. The van der Waals surface area contributed by atoms with Gasteiger partial charge in [-0.25, -0.2) is 0 Å². The van der Waals surface area contributed by atoms with E-state index >= 15 is 0 Å². The molecule has 2 bridgehead atoms. The standard InChI is InChI=1S/C17H30N2O/c1-16(2)13-6-7-17(16,3)14(10-13)19-15(20)9-12-5-4-8-18-11-12/h12-14,18H,4-11H2,1-3H3,(H,19,20). The van der Waals surface area contributed by atoms with E-state index in [2.05, 4.69) is 31.4 Å². The van der Waals surface area contributed by atoms with Crippen LogP contribution in [0.4, 0.5) is 0 Å². The Bertz CT molecular complexity index is 386. The van der Waals surface area contributed by atoms with Gasteiger partial charge in [0, 0.05) is 12.5 Å². The van der Waals surface area contributed by atoms with E-state index in [1.54, 1.807) is 0 Å². The predicted molar refractivity (Wildman–Crippen MR) is 81.4 cm³/mol. The molecule has 0 spiro atoms. The maximum absolute atomic E-state index is 12.4. The van der Waals surface area contributed by atoms with Crippen LogP contribution in [0.3, 0.4) is 0 Å². The van der Waals surface area contributed by atoms with Gasteiger partial charge in [-0.1, -0.05) is 20.8 Å². The van der Waals surface area contributed by atoms with Gasteiger partial charge in [0.05, 0.1) is 0 Å². The molecule has 0 radical (unpaired) electrons. The molecule has 3 heteroatoms. The molecule has 20 heavy (non-hydrogen) atoms. The van der Waals surface area contributed by atoms with E-state index in [0.29, 0.717) is 29.2 Å². The molecule has 4 unspecified atom stereocenters. The first kappa shape index (κ1) is 14.4. The Morgan fingerprint density at radius 1 is 1.30 bits per heavy atom. The van der Waals surface area contributed by atoms with Crippen LogP contribution in [0.1, 0.15) is 59.3 Å². The van der Waals surface area contributed by atoms with Crippen LogP contribution in [-0.2, 0) is 4.79 Å². The molecule has 0 aromatic rings. The van der Waals surface area contributed by atoms with E-state index in [9.17, 15) is 4.79 Å². The minimum atomic E-state index is 0.285. The Hall–Kier alpha value is -0.570. The smallest absolute Gasteiger partial charge is 0.220 e. The topological polar surface area (TPSA) is 41.1 Å². The maximum Gasteiger partial charge on any atom is 0.220 e. The molecule has 114 valence electrons. The van der Waals surface area contributed by atoms with Gasteiger partial charge in [0.2, 0.25) is 5.91 Å². The average molecular weight is 278 g/mol. The summed E-state index contributed by atoms with van der Waals surface area (Å²) in [6, 6.07) is 0.403. The Kier molecular flexibility index (Phi) is 3.60. The van der Waals surface area contributed by atoms with Gasteiger partial charge in [-0.05, 0) is 67.9 Å². The summed E-state index contributed by atoms with van der Waals surface area (Å²) < 4.78 is 0. The summed E-state index contributed by atoms with van der Waals surface area (Å²) in [4.78, 5) is 12.4. The summed E-state index contributed by atoms with van der Waals surface area (Å²) >= 11 is 0. The molecule has 2 saturated carbocycles. The fraction of sp³-hybridized carbons (Fsp3) is 0.941. The van der Waals surface area contributed by atoms with Crippen LogP contribution < -0.4 is 10.6 Å². The number of carbonyl (C=O) groups excluding carboxylic acids is 1. The van der Waals surface area contributed by atoms with Crippen LogP contribution in [0.25, 0.3) is 0 Å². The first-order valence-electron chi connectivity index (χ1n) is 8.43. The highest BCUT2D eigenvalue weighted by Gasteiger charge is 2.61. The second-order valence-corrected chi connectivity index (χ2v) is 8.15. The van der Waals surface area contributed by atoms with Gasteiger partial charge in [-0.15, -0.1) is 0 Å². The number of carbonyl (C=O) groups is 1. The molecule has 2 aliphatic carbocycles. The predicted octanol–water partition coefficient (Wildman–Crippen LogP) is 2.71. The van der Waals surface area contributed by atoms with E-state index in [-0.39, 0.29) is 5.91 Å². The zero-order valence-electron chi connectivity index (χ0n) is 13.3. The number of rotatable bonds is 3. The molecule has 3 fully saturated rings. The van der Waals surface area contributed by atoms with Crippen LogP contribution in [0.2, 0.25) is 0 Å². The summed E-state index contributed by atoms with van der Waals surface area (Å²) in [7, 11) is 0. The van der Waals surface area contributed by atoms with Crippen molar-refractivity contribution >= 4 is 5.91 Å². The van der Waals surface area contributed by atoms with E-state index in [0.717, 1.165) is 19.0 Å². The molecule has 1 amide bonds. The first-order chi connectivity index (χ1) is 9.43. The van der Waals surface area contributed by atoms with Crippen molar-refractivity contribution in [2.24, 2.45) is 22.7 Å².